The molecule has 2 unspecified atom stereocenters. The third kappa shape index (κ3) is 0.773. The van der Waals surface area contributed by atoms with Crippen LogP contribution >= 0.6 is 0 Å². The summed E-state index contributed by atoms with van der Waals surface area (Å²) in [5.41, 5.74) is 0.498. The van der Waals surface area contributed by atoms with Gasteiger partial charge in [-0.25, -0.2) is 0 Å². The van der Waals surface area contributed by atoms with Gasteiger partial charge in [0.15, 0.2) is 0 Å². The van der Waals surface area contributed by atoms with Gasteiger partial charge in [0.25, 0.3) is 0 Å². The highest BCUT2D eigenvalue weighted by Crippen LogP contribution is 2.65. The largest absolute Gasteiger partial charge is 0.303 e. The lowest BCUT2D eigenvalue weighted by molar-refractivity contribution is -0.110. The van der Waals surface area contributed by atoms with Crippen molar-refractivity contribution >= 4 is 6.29 Å². The van der Waals surface area contributed by atoms with Crippen molar-refractivity contribution in [1.82, 2.24) is 0 Å². The zero-order chi connectivity index (χ0) is 8.18. The van der Waals surface area contributed by atoms with Gasteiger partial charge in [-0.05, 0) is 55.3 Å². The highest BCUT2D eigenvalue weighted by molar-refractivity contribution is 5.51. The average molecular weight is 164 g/mol. The molecule has 0 aromatic carbocycles. The van der Waals surface area contributed by atoms with E-state index in [-0.39, 0.29) is 0 Å². The second-order valence-electron chi connectivity index (χ2n) is 5.34. The molecule has 12 heavy (non-hydrogen) atoms. The Hall–Kier alpha value is -0.330. The van der Waals surface area contributed by atoms with Crippen molar-refractivity contribution < 1.29 is 4.79 Å². The molecule has 4 aliphatic carbocycles. The molecule has 4 aliphatic rings. The second kappa shape index (κ2) is 2.12. The summed E-state index contributed by atoms with van der Waals surface area (Å²) in [6.45, 7) is 0. The highest BCUT2D eigenvalue weighted by atomic mass is 16.1. The number of hydrogen-bond donors (Lipinski definition) is 0. The van der Waals surface area contributed by atoms with Gasteiger partial charge in [0.05, 0.1) is 0 Å². The Kier molecular flexibility index (Phi) is 1.26. The lowest BCUT2D eigenvalue weighted by atomic mass is 9.68. The summed E-state index contributed by atoms with van der Waals surface area (Å²) in [6.07, 6.45) is 9.14. The average Bonchev–Trinajstić information content (AvgIpc) is 2.38. The van der Waals surface area contributed by atoms with Crippen LogP contribution in [-0.2, 0) is 4.79 Å². The van der Waals surface area contributed by atoms with Crippen LogP contribution in [0.3, 0.4) is 0 Å². The molecule has 4 rings (SSSR count). The predicted molar refractivity (Wildman–Crippen MR) is 46.7 cm³/mol. The fourth-order valence-corrected chi connectivity index (χ4v) is 4.41. The van der Waals surface area contributed by atoms with Crippen LogP contribution in [0.4, 0.5) is 0 Å². The van der Waals surface area contributed by atoms with E-state index in [2.05, 4.69) is 0 Å². The van der Waals surface area contributed by atoms with E-state index >= 15 is 0 Å². The summed E-state index contributed by atoms with van der Waals surface area (Å²) >= 11 is 0. The number of rotatable bonds is 2. The minimum absolute atomic E-state index is 0.498. The smallest absolute Gasteiger partial charge is 0.120 e. The van der Waals surface area contributed by atoms with Gasteiger partial charge in [-0.3, -0.25) is 0 Å². The zero-order valence-corrected chi connectivity index (χ0v) is 7.46. The monoisotopic (exact) mass is 164 g/mol. The molecule has 0 aromatic rings. The Morgan fingerprint density at radius 3 is 2.33 bits per heavy atom. The van der Waals surface area contributed by atoms with Crippen molar-refractivity contribution in [3.63, 3.8) is 0 Å². The third-order valence-corrected chi connectivity index (χ3v) is 4.57. The molecule has 4 fully saturated rings. The second-order valence-corrected chi connectivity index (χ2v) is 5.34. The molecule has 0 aliphatic heterocycles. The van der Waals surface area contributed by atoms with Crippen molar-refractivity contribution in [2.24, 2.45) is 23.2 Å². The van der Waals surface area contributed by atoms with Crippen LogP contribution in [-0.4, -0.2) is 6.29 Å². The molecule has 0 heterocycles. The van der Waals surface area contributed by atoms with Crippen LogP contribution in [0.2, 0.25) is 0 Å². The van der Waals surface area contributed by atoms with Gasteiger partial charge in [0.1, 0.15) is 6.29 Å². The first-order valence-corrected chi connectivity index (χ1v) is 5.25. The van der Waals surface area contributed by atoms with E-state index in [0.717, 1.165) is 30.5 Å². The Morgan fingerprint density at radius 2 is 1.83 bits per heavy atom. The van der Waals surface area contributed by atoms with E-state index in [0.29, 0.717) is 5.41 Å². The molecule has 0 saturated heterocycles. The maximum atomic E-state index is 10.6. The first-order chi connectivity index (χ1) is 5.81. The molecule has 0 amide bonds. The first-order valence-electron chi connectivity index (χ1n) is 5.25. The van der Waals surface area contributed by atoms with E-state index in [1.54, 1.807) is 0 Å². The van der Waals surface area contributed by atoms with Gasteiger partial charge < -0.3 is 4.79 Å². The Morgan fingerprint density at radius 1 is 1.17 bits per heavy atom. The maximum Gasteiger partial charge on any atom is 0.120 e. The quantitative estimate of drug-likeness (QED) is 0.573. The van der Waals surface area contributed by atoms with Gasteiger partial charge in [-0.1, -0.05) is 0 Å². The van der Waals surface area contributed by atoms with Gasteiger partial charge >= 0.3 is 0 Å². The molecular formula is C11H16O. The fraction of sp³-hybridized carbons (Fsp3) is 0.909. The summed E-state index contributed by atoms with van der Waals surface area (Å²) in [6, 6.07) is 0. The Labute approximate surface area is 73.5 Å². The van der Waals surface area contributed by atoms with Crippen LogP contribution in [0, 0.1) is 23.2 Å². The summed E-state index contributed by atoms with van der Waals surface area (Å²) in [5.74, 6) is 3.04. The molecule has 0 aromatic heterocycles. The van der Waals surface area contributed by atoms with Crippen LogP contribution in [0.15, 0.2) is 0 Å². The molecule has 4 bridgehead atoms. The number of carbonyl (C=O) groups excluding carboxylic acids is 1. The van der Waals surface area contributed by atoms with Crippen molar-refractivity contribution in [3.8, 4) is 0 Å². The van der Waals surface area contributed by atoms with Crippen molar-refractivity contribution in [2.45, 2.75) is 38.5 Å². The lowest BCUT2D eigenvalue weighted by Gasteiger charge is -2.36. The maximum absolute atomic E-state index is 10.6. The van der Waals surface area contributed by atoms with Gasteiger partial charge in [0.2, 0.25) is 0 Å². The van der Waals surface area contributed by atoms with Gasteiger partial charge in [-0.15, -0.1) is 0 Å². The van der Waals surface area contributed by atoms with Gasteiger partial charge in [0, 0.05) is 6.42 Å². The van der Waals surface area contributed by atoms with Crippen LogP contribution in [0.25, 0.3) is 0 Å². The van der Waals surface area contributed by atoms with E-state index in [1.807, 2.05) is 0 Å². The summed E-state index contributed by atoms with van der Waals surface area (Å²) in [4.78, 5) is 10.6. The molecule has 4 saturated carbocycles. The molecular weight excluding hydrogens is 148 g/mol. The van der Waals surface area contributed by atoms with Crippen LogP contribution < -0.4 is 0 Å². The minimum Gasteiger partial charge on any atom is -0.303 e. The first kappa shape index (κ1) is 7.11. The van der Waals surface area contributed by atoms with E-state index in [9.17, 15) is 4.79 Å². The molecule has 66 valence electrons. The Balaban J connectivity index is 1.88. The summed E-state index contributed by atoms with van der Waals surface area (Å²) < 4.78 is 0. The predicted octanol–water partition coefficient (Wildman–Crippen LogP) is 2.40. The Bertz CT molecular complexity index is 202. The third-order valence-electron chi connectivity index (χ3n) is 4.57. The van der Waals surface area contributed by atoms with Crippen molar-refractivity contribution in [2.75, 3.05) is 0 Å². The lowest BCUT2D eigenvalue weighted by Crippen LogP contribution is -2.27. The van der Waals surface area contributed by atoms with Crippen molar-refractivity contribution in [1.29, 1.82) is 0 Å². The zero-order valence-electron chi connectivity index (χ0n) is 7.46. The van der Waals surface area contributed by atoms with E-state index < -0.39 is 0 Å². The standard InChI is InChI=1S/C11H16O/c12-2-1-11-5-8-3-9(6-11)10(4-8)7-11/h2,8-10H,1,3-7H2. The SMILES string of the molecule is O=CCC12CC3CC(C1)C(C3)C2. The topological polar surface area (TPSA) is 17.1 Å². The number of carbonyl (C=O) groups is 1. The van der Waals surface area contributed by atoms with Crippen LogP contribution in [0.1, 0.15) is 38.5 Å². The van der Waals surface area contributed by atoms with Gasteiger partial charge in [-0.2, -0.15) is 0 Å². The molecule has 1 nitrogen and oxygen atoms in total. The molecule has 0 spiro atoms. The number of aldehydes is 1. The van der Waals surface area contributed by atoms with Crippen LogP contribution in [0.5, 0.6) is 0 Å². The normalized spacial score (nSPS) is 54.8. The minimum atomic E-state index is 0.498. The van der Waals surface area contributed by atoms with Crippen molar-refractivity contribution in [3.05, 3.63) is 0 Å². The molecule has 0 N–H and O–H groups in total. The summed E-state index contributed by atoms with van der Waals surface area (Å²) in [7, 11) is 0. The summed E-state index contributed by atoms with van der Waals surface area (Å²) in [5, 5.41) is 0. The molecule has 0 radical (unpaired) electrons. The molecule has 2 atom stereocenters. The number of hydrogen-bond acceptors (Lipinski definition) is 1. The van der Waals surface area contributed by atoms with E-state index in [4.69, 9.17) is 0 Å². The highest BCUT2D eigenvalue weighted by Gasteiger charge is 2.55. The van der Waals surface area contributed by atoms with E-state index in [1.165, 1.54) is 32.1 Å². The molecule has 1 heteroatoms. The fourth-order valence-electron chi connectivity index (χ4n) is 4.41.